The van der Waals surface area contributed by atoms with E-state index in [1.165, 1.54) is 10.4 Å². The van der Waals surface area contributed by atoms with E-state index in [2.05, 4.69) is 13.8 Å². The number of nitrogen functional groups attached to an aromatic ring is 1. The molecule has 0 aliphatic heterocycles. The van der Waals surface area contributed by atoms with Gasteiger partial charge in [-0.25, -0.2) is 12.7 Å². The summed E-state index contributed by atoms with van der Waals surface area (Å²) in [5.74, 6) is 0.453. The Morgan fingerprint density at radius 2 is 1.95 bits per heavy atom. The number of nitrogens with two attached hydrogens (primary N) is 1. The molecule has 1 aromatic rings. The van der Waals surface area contributed by atoms with Crippen molar-refractivity contribution < 1.29 is 8.42 Å². The Morgan fingerprint density at radius 1 is 1.37 bits per heavy atom. The number of hydrogen-bond acceptors (Lipinski definition) is 3. The highest BCUT2D eigenvalue weighted by Crippen LogP contribution is 2.28. The van der Waals surface area contributed by atoms with Crippen LogP contribution in [-0.4, -0.2) is 26.3 Å². The van der Waals surface area contributed by atoms with Crippen molar-refractivity contribution in [3.8, 4) is 0 Å². The Balaban J connectivity index is 3.07. The van der Waals surface area contributed by atoms with Gasteiger partial charge in [0, 0.05) is 13.6 Å². The van der Waals surface area contributed by atoms with E-state index < -0.39 is 10.0 Å². The van der Waals surface area contributed by atoms with Gasteiger partial charge in [-0.2, -0.15) is 0 Å². The van der Waals surface area contributed by atoms with Crippen molar-refractivity contribution in [1.29, 1.82) is 0 Å². The largest absolute Gasteiger partial charge is 0.397 e. The monoisotopic (exact) mass is 304 g/mol. The first-order valence-corrected chi connectivity index (χ1v) is 8.00. The molecule has 0 aliphatic rings. The molecule has 0 saturated heterocycles. The molecule has 0 bridgehead atoms. The van der Waals surface area contributed by atoms with Crippen LogP contribution in [0.1, 0.15) is 25.8 Å². The van der Waals surface area contributed by atoms with Gasteiger partial charge in [0.25, 0.3) is 0 Å². The van der Waals surface area contributed by atoms with Crippen molar-refractivity contribution in [2.24, 2.45) is 5.92 Å². The lowest BCUT2D eigenvalue weighted by molar-refractivity contribution is 0.428. The standard InChI is InChI=1S/C13H21ClN2O2S/c1-9(2)5-6-16(4)19(17,18)11-7-10(3)13(14)12(15)8-11/h7-9H,5-6,15H2,1-4H3. The first-order valence-electron chi connectivity index (χ1n) is 6.18. The zero-order valence-electron chi connectivity index (χ0n) is 11.8. The molecule has 1 aromatic carbocycles. The number of rotatable bonds is 5. The minimum Gasteiger partial charge on any atom is -0.397 e. The van der Waals surface area contributed by atoms with Crippen molar-refractivity contribution in [3.05, 3.63) is 22.7 Å². The molecule has 0 radical (unpaired) electrons. The molecule has 0 unspecified atom stereocenters. The molecule has 0 spiro atoms. The molecule has 0 aromatic heterocycles. The van der Waals surface area contributed by atoms with Crippen LogP contribution < -0.4 is 5.73 Å². The third-order valence-corrected chi connectivity index (χ3v) is 5.34. The van der Waals surface area contributed by atoms with E-state index in [0.29, 0.717) is 23.0 Å². The highest BCUT2D eigenvalue weighted by Gasteiger charge is 2.22. The highest BCUT2D eigenvalue weighted by atomic mass is 35.5. The normalized spacial score (nSPS) is 12.4. The Morgan fingerprint density at radius 3 is 2.42 bits per heavy atom. The Labute approximate surface area is 120 Å². The lowest BCUT2D eigenvalue weighted by atomic mass is 10.1. The molecule has 19 heavy (non-hydrogen) atoms. The molecule has 6 heteroatoms. The smallest absolute Gasteiger partial charge is 0.242 e. The zero-order chi connectivity index (χ0) is 14.8. The van der Waals surface area contributed by atoms with E-state index >= 15 is 0 Å². The summed E-state index contributed by atoms with van der Waals surface area (Å²) >= 11 is 5.95. The van der Waals surface area contributed by atoms with Gasteiger partial charge in [0.05, 0.1) is 15.6 Å². The summed E-state index contributed by atoms with van der Waals surface area (Å²) in [6.07, 6.45) is 0.817. The zero-order valence-corrected chi connectivity index (χ0v) is 13.3. The van der Waals surface area contributed by atoms with Crippen LogP contribution in [0.25, 0.3) is 0 Å². The second-order valence-corrected chi connectivity index (χ2v) is 7.58. The Hall–Kier alpha value is -0.780. The van der Waals surface area contributed by atoms with Crippen molar-refractivity contribution in [2.75, 3.05) is 19.3 Å². The van der Waals surface area contributed by atoms with Gasteiger partial charge in [0.15, 0.2) is 0 Å². The number of halogens is 1. The van der Waals surface area contributed by atoms with Gasteiger partial charge in [0.1, 0.15) is 0 Å². The predicted octanol–water partition coefficient (Wildman–Crippen LogP) is 2.90. The molecule has 2 N–H and O–H groups in total. The minimum absolute atomic E-state index is 0.193. The van der Waals surface area contributed by atoms with Gasteiger partial charge in [-0.1, -0.05) is 25.4 Å². The topological polar surface area (TPSA) is 63.4 Å². The molecule has 0 amide bonds. The van der Waals surface area contributed by atoms with Crippen LogP contribution in [0.15, 0.2) is 17.0 Å². The summed E-state index contributed by atoms with van der Waals surface area (Å²) in [6, 6.07) is 2.97. The van der Waals surface area contributed by atoms with Crippen LogP contribution in [0.2, 0.25) is 5.02 Å². The van der Waals surface area contributed by atoms with Gasteiger partial charge >= 0.3 is 0 Å². The molecule has 0 atom stereocenters. The molecule has 108 valence electrons. The summed E-state index contributed by atoms with van der Waals surface area (Å²) in [4.78, 5) is 0.193. The lowest BCUT2D eigenvalue weighted by Crippen LogP contribution is -2.28. The van der Waals surface area contributed by atoms with Crippen LogP contribution in [-0.2, 0) is 10.0 Å². The highest BCUT2D eigenvalue weighted by molar-refractivity contribution is 7.89. The third-order valence-electron chi connectivity index (χ3n) is 2.99. The molecule has 0 aliphatic carbocycles. The van der Waals surface area contributed by atoms with Crippen molar-refractivity contribution in [3.63, 3.8) is 0 Å². The van der Waals surface area contributed by atoms with Gasteiger partial charge in [-0.05, 0) is 37.0 Å². The molecule has 0 fully saturated rings. The summed E-state index contributed by atoms with van der Waals surface area (Å²) in [5, 5.41) is 0.406. The SMILES string of the molecule is Cc1cc(S(=O)(=O)N(C)CCC(C)C)cc(N)c1Cl. The van der Waals surface area contributed by atoms with Crippen molar-refractivity contribution in [1.82, 2.24) is 4.31 Å². The second kappa shape index (κ2) is 6.11. The Kier molecular flexibility index (Phi) is 5.24. The predicted molar refractivity (Wildman–Crippen MR) is 79.9 cm³/mol. The quantitative estimate of drug-likeness (QED) is 0.851. The number of anilines is 1. The minimum atomic E-state index is -3.50. The van der Waals surface area contributed by atoms with E-state index in [1.54, 1.807) is 20.0 Å². The third kappa shape index (κ3) is 3.84. The van der Waals surface area contributed by atoms with Crippen LogP contribution >= 0.6 is 11.6 Å². The van der Waals surface area contributed by atoms with Gasteiger partial charge in [-0.3, -0.25) is 0 Å². The van der Waals surface area contributed by atoms with Gasteiger partial charge in [0.2, 0.25) is 10.0 Å². The summed E-state index contributed by atoms with van der Waals surface area (Å²) in [6.45, 7) is 6.35. The number of sulfonamides is 1. The van der Waals surface area contributed by atoms with E-state index in [0.717, 1.165) is 6.42 Å². The molecule has 1 rings (SSSR count). The first-order chi connectivity index (χ1) is 8.66. The summed E-state index contributed by atoms with van der Waals surface area (Å²) in [7, 11) is -1.92. The van der Waals surface area contributed by atoms with Crippen LogP contribution in [0.5, 0.6) is 0 Å². The number of benzene rings is 1. The first kappa shape index (κ1) is 16.3. The number of aryl methyl sites for hydroxylation is 1. The van der Waals surface area contributed by atoms with Crippen molar-refractivity contribution in [2.45, 2.75) is 32.1 Å². The fourth-order valence-corrected chi connectivity index (χ4v) is 3.07. The van der Waals surface area contributed by atoms with Gasteiger partial charge < -0.3 is 5.73 Å². The van der Waals surface area contributed by atoms with E-state index in [9.17, 15) is 8.42 Å². The molecule has 4 nitrogen and oxygen atoms in total. The molecule has 0 saturated carbocycles. The second-order valence-electron chi connectivity index (χ2n) is 5.15. The molecular formula is C13H21ClN2O2S. The maximum atomic E-state index is 12.4. The van der Waals surface area contributed by atoms with E-state index in [-0.39, 0.29) is 10.6 Å². The molecular weight excluding hydrogens is 284 g/mol. The fraction of sp³-hybridized carbons (Fsp3) is 0.538. The van der Waals surface area contributed by atoms with Gasteiger partial charge in [-0.15, -0.1) is 0 Å². The summed E-state index contributed by atoms with van der Waals surface area (Å²) < 4.78 is 26.1. The van der Waals surface area contributed by atoms with Crippen LogP contribution in [0.3, 0.4) is 0 Å². The number of nitrogens with zero attached hydrogens (tertiary/aromatic N) is 1. The average molecular weight is 305 g/mol. The maximum absolute atomic E-state index is 12.4. The summed E-state index contributed by atoms with van der Waals surface area (Å²) in [5.41, 5.74) is 6.68. The van der Waals surface area contributed by atoms with Crippen molar-refractivity contribution >= 4 is 27.3 Å². The van der Waals surface area contributed by atoms with Crippen LogP contribution in [0, 0.1) is 12.8 Å². The molecule has 0 heterocycles. The fourth-order valence-electron chi connectivity index (χ4n) is 1.65. The van der Waals surface area contributed by atoms with E-state index in [1.807, 2.05) is 0 Å². The lowest BCUT2D eigenvalue weighted by Gasteiger charge is -2.19. The van der Waals surface area contributed by atoms with Crippen LogP contribution in [0.4, 0.5) is 5.69 Å². The van der Waals surface area contributed by atoms with E-state index in [4.69, 9.17) is 17.3 Å². The Bertz CT molecular complexity index is 533. The number of hydrogen-bond donors (Lipinski definition) is 1. The maximum Gasteiger partial charge on any atom is 0.242 e. The average Bonchev–Trinajstić information content (AvgIpc) is 2.31.